The highest BCUT2D eigenvalue weighted by atomic mass is 32.2. The van der Waals surface area contributed by atoms with Crippen molar-refractivity contribution in [2.24, 2.45) is 5.14 Å². The van der Waals surface area contributed by atoms with Gasteiger partial charge in [-0.3, -0.25) is 0 Å². The molecule has 0 bridgehead atoms. The molecule has 22 heavy (non-hydrogen) atoms. The van der Waals surface area contributed by atoms with E-state index in [1.165, 1.54) is 18.9 Å². The smallest absolute Gasteiger partial charge is 0.241 e. The lowest BCUT2D eigenvalue weighted by Gasteiger charge is -2.22. The fourth-order valence-corrected chi connectivity index (χ4v) is 2.94. The number of rotatable bonds is 3. The van der Waals surface area contributed by atoms with Gasteiger partial charge in [-0.1, -0.05) is 19.4 Å². The summed E-state index contributed by atoms with van der Waals surface area (Å²) in [5, 5.41) is 8.26. The Morgan fingerprint density at radius 1 is 1.36 bits per heavy atom. The van der Waals surface area contributed by atoms with Crippen LogP contribution in [0.1, 0.15) is 19.8 Å². The first-order valence-corrected chi connectivity index (χ1v) is 8.80. The van der Waals surface area contributed by atoms with Crippen LogP contribution in [0.4, 0.5) is 0 Å². The van der Waals surface area contributed by atoms with E-state index in [-0.39, 0.29) is 17.4 Å². The van der Waals surface area contributed by atoms with E-state index in [4.69, 9.17) is 19.3 Å². The molecule has 2 aliphatic heterocycles. The second kappa shape index (κ2) is 7.77. The molecule has 1 atom stereocenters. The molecule has 1 aromatic rings. The predicted octanol–water partition coefficient (Wildman–Crippen LogP) is 0.838. The van der Waals surface area contributed by atoms with Gasteiger partial charge in [0.1, 0.15) is 4.90 Å². The second-order valence-corrected chi connectivity index (χ2v) is 6.55. The molecule has 0 aromatic heterocycles. The number of benzene rings is 1. The van der Waals surface area contributed by atoms with Crippen LogP contribution >= 0.6 is 0 Å². The molecule has 0 radical (unpaired) electrons. The average Bonchev–Trinajstić information content (AvgIpc) is 2.96. The summed E-state index contributed by atoms with van der Waals surface area (Å²) >= 11 is 0. The van der Waals surface area contributed by atoms with Gasteiger partial charge >= 0.3 is 0 Å². The third kappa shape index (κ3) is 4.57. The zero-order valence-electron chi connectivity index (χ0n) is 12.6. The zero-order chi connectivity index (χ0) is 16.0. The maximum absolute atomic E-state index is 11.0. The summed E-state index contributed by atoms with van der Waals surface area (Å²) < 4.78 is 37.5. The number of hydrogen-bond acceptors (Lipinski definition) is 6. The number of nitrogens with one attached hydrogen (secondary N) is 1. The second-order valence-electron chi connectivity index (χ2n) is 5.02. The number of sulfonamides is 1. The lowest BCUT2D eigenvalue weighted by molar-refractivity contribution is 0.0232. The Balaban J connectivity index is 0.000000172. The summed E-state index contributed by atoms with van der Waals surface area (Å²) in [6.45, 7) is 5.19. The van der Waals surface area contributed by atoms with Crippen molar-refractivity contribution in [1.82, 2.24) is 5.32 Å². The lowest BCUT2D eigenvalue weighted by atomic mass is 10.2. The van der Waals surface area contributed by atoms with E-state index in [0.717, 1.165) is 19.7 Å². The van der Waals surface area contributed by atoms with Gasteiger partial charge in [-0.25, -0.2) is 13.6 Å². The van der Waals surface area contributed by atoms with E-state index < -0.39 is 10.0 Å². The maximum Gasteiger partial charge on any atom is 0.241 e. The molecule has 3 N–H and O–H groups in total. The Kier molecular flexibility index (Phi) is 6.01. The Bertz CT molecular complexity index is 582. The van der Waals surface area contributed by atoms with Crippen molar-refractivity contribution in [3.63, 3.8) is 0 Å². The molecule has 2 aliphatic rings. The molecule has 0 spiro atoms. The van der Waals surface area contributed by atoms with Crippen LogP contribution in [0.2, 0.25) is 0 Å². The number of fused-ring (bicyclic) bond motifs is 1. The minimum Gasteiger partial charge on any atom is -0.454 e. The van der Waals surface area contributed by atoms with Crippen molar-refractivity contribution in [3.8, 4) is 11.5 Å². The third-order valence-corrected chi connectivity index (χ3v) is 4.22. The Labute approximate surface area is 130 Å². The van der Waals surface area contributed by atoms with Gasteiger partial charge < -0.3 is 19.5 Å². The largest absolute Gasteiger partial charge is 0.454 e. The molecule has 3 rings (SSSR count). The van der Waals surface area contributed by atoms with Gasteiger partial charge in [0.15, 0.2) is 11.5 Å². The molecule has 2 heterocycles. The average molecular weight is 330 g/mol. The third-order valence-electron chi connectivity index (χ3n) is 3.28. The van der Waals surface area contributed by atoms with Crippen molar-refractivity contribution in [2.45, 2.75) is 30.8 Å². The van der Waals surface area contributed by atoms with Gasteiger partial charge in [-0.2, -0.15) is 0 Å². The molecular weight excluding hydrogens is 308 g/mol. The number of ether oxygens (including phenoxy) is 3. The Morgan fingerprint density at radius 2 is 2.18 bits per heavy atom. The number of nitrogens with two attached hydrogens (primary N) is 1. The molecule has 0 amide bonds. The Hall–Kier alpha value is -1.35. The van der Waals surface area contributed by atoms with Crippen LogP contribution in [-0.4, -0.2) is 41.0 Å². The molecule has 1 unspecified atom stereocenters. The van der Waals surface area contributed by atoms with Crippen LogP contribution in [0.15, 0.2) is 23.1 Å². The Morgan fingerprint density at radius 3 is 2.82 bits per heavy atom. The standard InChI is InChI=1S/C7H7NO4S.C7H15NO/c8-13(9,10)6-3-1-2-5-7(6)12-4-11-5;1-2-3-7-6-8-4-5-9-7/h1-3H,4H2,(H2,8,9,10);7-8H,2-6H2,1H3. The van der Waals surface area contributed by atoms with E-state index in [1.807, 2.05) is 0 Å². The van der Waals surface area contributed by atoms with Crippen molar-refractivity contribution < 1.29 is 22.6 Å². The monoisotopic (exact) mass is 330 g/mol. The van der Waals surface area contributed by atoms with Gasteiger partial charge in [0, 0.05) is 13.1 Å². The summed E-state index contributed by atoms with van der Waals surface area (Å²) in [6.07, 6.45) is 2.92. The molecule has 7 nitrogen and oxygen atoms in total. The molecular formula is C14H22N2O5S. The lowest BCUT2D eigenvalue weighted by Crippen LogP contribution is -2.38. The molecule has 0 saturated carbocycles. The SMILES string of the molecule is CCCC1CNCCO1.NS(=O)(=O)c1cccc2c1OCO2. The van der Waals surface area contributed by atoms with Crippen LogP contribution < -0.4 is 19.9 Å². The fraction of sp³-hybridized carbons (Fsp3) is 0.571. The first-order valence-electron chi connectivity index (χ1n) is 7.26. The molecule has 124 valence electrons. The first kappa shape index (κ1) is 17.0. The van der Waals surface area contributed by atoms with Crippen molar-refractivity contribution in [2.75, 3.05) is 26.5 Å². The highest BCUT2D eigenvalue weighted by Gasteiger charge is 2.23. The van der Waals surface area contributed by atoms with Gasteiger partial charge in [0.2, 0.25) is 16.8 Å². The molecule has 1 saturated heterocycles. The van der Waals surface area contributed by atoms with Gasteiger partial charge in [-0.15, -0.1) is 0 Å². The molecule has 8 heteroatoms. The number of hydrogen-bond donors (Lipinski definition) is 2. The summed E-state index contributed by atoms with van der Waals surface area (Å²) in [4.78, 5) is -0.0394. The van der Waals surface area contributed by atoms with Crippen molar-refractivity contribution in [3.05, 3.63) is 18.2 Å². The fourth-order valence-electron chi connectivity index (χ4n) is 2.25. The highest BCUT2D eigenvalue weighted by Crippen LogP contribution is 2.37. The van der Waals surface area contributed by atoms with E-state index in [2.05, 4.69) is 12.2 Å². The molecule has 0 aliphatic carbocycles. The topological polar surface area (TPSA) is 99.9 Å². The maximum atomic E-state index is 11.0. The van der Waals surface area contributed by atoms with Gasteiger partial charge in [0.25, 0.3) is 0 Å². The van der Waals surface area contributed by atoms with Crippen LogP contribution in [0.3, 0.4) is 0 Å². The summed E-state index contributed by atoms with van der Waals surface area (Å²) in [5.74, 6) is 0.608. The van der Waals surface area contributed by atoms with Crippen molar-refractivity contribution >= 4 is 10.0 Å². The minimum absolute atomic E-state index is 0.0296. The van der Waals surface area contributed by atoms with Gasteiger partial charge in [0.05, 0.1) is 12.7 Å². The van der Waals surface area contributed by atoms with Gasteiger partial charge in [-0.05, 0) is 18.6 Å². The number of primary sulfonamides is 1. The summed E-state index contributed by atoms with van der Waals surface area (Å²) in [7, 11) is -3.73. The van der Waals surface area contributed by atoms with Crippen molar-refractivity contribution in [1.29, 1.82) is 0 Å². The van der Waals surface area contributed by atoms with Crippen LogP contribution in [0.25, 0.3) is 0 Å². The zero-order valence-corrected chi connectivity index (χ0v) is 13.4. The van der Waals surface area contributed by atoms with E-state index in [9.17, 15) is 8.42 Å². The van der Waals surface area contributed by atoms with Crippen LogP contribution in [0, 0.1) is 0 Å². The number of para-hydroxylation sites is 1. The van der Waals surface area contributed by atoms with E-state index in [0.29, 0.717) is 11.9 Å². The normalized spacial score (nSPS) is 20.2. The molecule has 1 fully saturated rings. The summed E-state index contributed by atoms with van der Waals surface area (Å²) in [6, 6.07) is 4.55. The molecule has 1 aromatic carbocycles. The van der Waals surface area contributed by atoms with Crippen LogP contribution in [-0.2, 0) is 14.8 Å². The van der Waals surface area contributed by atoms with E-state index >= 15 is 0 Å². The van der Waals surface area contributed by atoms with Crippen LogP contribution in [0.5, 0.6) is 11.5 Å². The highest BCUT2D eigenvalue weighted by molar-refractivity contribution is 7.89. The number of morpholine rings is 1. The first-order chi connectivity index (χ1) is 10.5. The predicted molar refractivity (Wildman–Crippen MR) is 81.5 cm³/mol. The van der Waals surface area contributed by atoms with E-state index in [1.54, 1.807) is 12.1 Å². The minimum atomic E-state index is -3.73. The summed E-state index contributed by atoms with van der Waals surface area (Å²) in [5.41, 5.74) is 0. The quantitative estimate of drug-likeness (QED) is 0.852.